The highest BCUT2D eigenvalue weighted by Crippen LogP contribution is 2.24. The fraction of sp³-hybridized carbons (Fsp3) is 0.0714. The molecule has 0 aliphatic heterocycles. The van der Waals surface area contributed by atoms with Crippen LogP contribution in [0.2, 0.25) is 5.02 Å². The zero-order chi connectivity index (χ0) is 14.0. The van der Waals surface area contributed by atoms with E-state index in [4.69, 9.17) is 17.3 Å². The average molecular weight is 404 g/mol. The van der Waals surface area contributed by atoms with Gasteiger partial charge in [0.1, 0.15) is 0 Å². The van der Waals surface area contributed by atoms with Crippen molar-refractivity contribution in [3.8, 4) is 0 Å². The molecule has 2 aromatic rings. The fourth-order valence-electron chi connectivity index (χ4n) is 1.72. The van der Waals surface area contributed by atoms with E-state index in [2.05, 4.69) is 31.9 Å². The van der Waals surface area contributed by atoms with Gasteiger partial charge in [-0.3, -0.25) is 4.79 Å². The molecule has 2 N–H and O–H groups in total. The molecular formula is C14H10Br2ClNO. The number of carbonyl (C=O) groups is 1. The van der Waals surface area contributed by atoms with Crippen LogP contribution in [0.1, 0.15) is 15.9 Å². The lowest BCUT2D eigenvalue weighted by Crippen LogP contribution is -2.07. The van der Waals surface area contributed by atoms with Crippen LogP contribution in [-0.2, 0) is 6.42 Å². The van der Waals surface area contributed by atoms with Crippen LogP contribution in [0.15, 0.2) is 45.3 Å². The summed E-state index contributed by atoms with van der Waals surface area (Å²) in [5.41, 5.74) is 7.62. The Labute approximate surface area is 133 Å². The van der Waals surface area contributed by atoms with E-state index in [9.17, 15) is 4.79 Å². The molecule has 0 fully saturated rings. The van der Waals surface area contributed by atoms with Gasteiger partial charge in [-0.1, -0.05) is 49.5 Å². The number of anilines is 1. The Morgan fingerprint density at radius 2 is 1.74 bits per heavy atom. The third-order valence-corrected chi connectivity index (χ3v) is 4.02. The maximum atomic E-state index is 12.2. The lowest BCUT2D eigenvalue weighted by molar-refractivity contribution is 0.0994. The van der Waals surface area contributed by atoms with Gasteiger partial charge in [0.15, 0.2) is 5.78 Å². The van der Waals surface area contributed by atoms with Gasteiger partial charge < -0.3 is 5.73 Å². The van der Waals surface area contributed by atoms with Gasteiger partial charge in [0.25, 0.3) is 0 Å². The lowest BCUT2D eigenvalue weighted by atomic mass is 10.0. The molecule has 0 amide bonds. The summed E-state index contributed by atoms with van der Waals surface area (Å²) in [6.07, 6.45) is 0.234. The Hall–Kier alpha value is -0.840. The standard InChI is InChI=1S/C14H10Br2ClNO/c15-9-2-1-8(12(17)6-9)5-14(19)11-4-3-10(16)7-13(11)18/h1-4,6-7H,5,18H2. The number of rotatable bonds is 3. The molecule has 0 bridgehead atoms. The highest BCUT2D eigenvalue weighted by atomic mass is 79.9. The van der Waals surface area contributed by atoms with Crippen molar-refractivity contribution < 1.29 is 4.79 Å². The smallest absolute Gasteiger partial charge is 0.169 e. The van der Waals surface area contributed by atoms with Crippen LogP contribution < -0.4 is 5.73 Å². The first-order valence-electron chi connectivity index (χ1n) is 5.49. The molecule has 0 atom stereocenters. The second kappa shape index (κ2) is 6.07. The van der Waals surface area contributed by atoms with E-state index in [0.717, 1.165) is 14.5 Å². The summed E-state index contributed by atoms with van der Waals surface area (Å²) in [5, 5.41) is 0.568. The number of Topliss-reactive ketones (excluding diaryl/α,β-unsaturated/α-hetero) is 1. The molecule has 2 rings (SSSR count). The van der Waals surface area contributed by atoms with Gasteiger partial charge in [-0.05, 0) is 35.9 Å². The van der Waals surface area contributed by atoms with Crippen molar-refractivity contribution in [1.29, 1.82) is 0 Å². The Bertz CT molecular complexity index is 643. The van der Waals surface area contributed by atoms with E-state index in [1.165, 1.54) is 0 Å². The Morgan fingerprint density at radius 1 is 1.11 bits per heavy atom. The normalized spacial score (nSPS) is 10.5. The molecular weight excluding hydrogens is 393 g/mol. The predicted octanol–water partition coefficient (Wildman–Crippen LogP) is 4.87. The summed E-state index contributed by atoms with van der Waals surface area (Å²) < 4.78 is 1.74. The maximum absolute atomic E-state index is 12.2. The molecule has 0 saturated heterocycles. The van der Waals surface area contributed by atoms with E-state index in [1.54, 1.807) is 24.3 Å². The van der Waals surface area contributed by atoms with Gasteiger partial charge in [0.2, 0.25) is 0 Å². The summed E-state index contributed by atoms with van der Waals surface area (Å²) in [6.45, 7) is 0. The van der Waals surface area contributed by atoms with Gasteiger partial charge in [0.05, 0.1) is 0 Å². The third kappa shape index (κ3) is 3.59. The summed E-state index contributed by atoms with van der Waals surface area (Å²) in [6, 6.07) is 10.7. The number of halogens is 3. The van der Waals surface area contributed by atoms with Crippen LogP contribution in [0.25, 0.3) is 0 Å². The zero-order valence-corrected chi connectivity index (χ0v) is 13.7. The highest BCUT2D eigenvalue weighted by molar-refractivity contribution is 9.10. The molecule has 0 heterocycles. The third-order valence-electron chi connectivity index (χ3n) is 2.68. The van der Waals surface area contributed by atoms with Crippen LogP contribution in [0.3, 0.4) is 0 Å². The molecule has 0 radical (unpaired) electrons. The van der Waals surface area contributed by atoms with Crippen molar-refractivity contribution in [2.45, 2.75) is 6.42 Å². The SMILES string of the molecule is Nc1cc(Br)ccc1C(=O)Cc1ccc(Br)cc1Cl. The summed E-state index contributed by atoms with van der Waals surface area (Å²) in [7, 11) is 0. The van der Waals surface area contributed by atoms with Gasteiger partial charge >= 0.3 is 0 Å². The molecule has 0 aromatic heterocycles. The van der Waals surface area contributed by atoms with Crippen molar-refractivity contribution in [2.75, 3.05) is 5.73 Å². The predicted molar refractivity (Wildman–Crippen MR) is 85.7 cm³/mol. The minimum atomic E-state index is -0.0470. The summed E-state index contributed by atoms with van der Waals surface area (Å²) in [5.74, 6) is -0.0470. The largest absolute Gasteiger partial charge is 0.398 e. The quantitative estimate of drug-likeness (QED) is 0.587. The topological polar surface area (TPSA) is 43.1 Å². The number of nitrogens with two attached hydrogens (primary N) is 1. The van der Waals surface area contributed by atoms with Crippen molar-refractivity contribution in [3.05, 3.63) is 61.5 Å². The Kier molecular flexibility index (Phi) is 4.66. The minimum Gasteiger partial charge on any atom is -0.398 e. The molecule has 98 valence electrons. The molecule has 19 heavy (non-hydrogen) atoms. The number of benzene rings is 2. The molecule has 5 heteroatoms. The second-order valence-corrected chi connectivity index (χ2v) is 6.31. The van der Waals surface area contributed by atoms with Crippen LogP contribution in [-0.4, -0.2) is 5.78 Å². The first kappa shape index (κ1) is 14.6. The second-order valence-electron chi connectivity index (χ2n) is 4.07. The minimum absolute atomic E-state index is 0.0470. The van der Waals surface area contributed by atoms with E-state index in [0.29, 0.717) is 16.3 Å². The maximum Gasteiger partial charge on any atom is 0.169 e. The monoisotopic (exact) mass is 401 g/mol. The van der Waals surface area contributed by atoms with E-state index in [-0.39, 0.29) is 12.2 Å². The van der Waals surface area contributed by atoms with E-state index >= 15 is 0 Å². The number of hydrogen-bond donors (Lipinski definition) is 1. The van der Waals surface area contributed by atoms with Gasteiger partial charge in [-0.2, -0.15) is 0 Å². The molecule has 0 aliphatic rings. The molecule has 0 saturated carbocycles. The van der Waals surface area contributed by atoms with Crippen molar-refractivity contribution >= 4 is 54.9 Å². The number of carbonyl (C=O) groups excluding carboxylic acids is 1. The fourth-order valence-corrected chi connectivity index (χ4v) is 2.84. The molecule has 0 unspecified atom stereocenters. The van der Waals surface area contributed by atoms with Crippen molar-refractivity contribution in [3.63, 3.8) is 0 Å². The summed E-state index contributed by atoms with van der Waals surface area (Å²) >= 11 is 12.8. The van der Waals surface area contributed by atoms with Crippen molar-refractivity contribution in [2.24, 2.45) is 0 Å². The highest BCUT2D eigenvalue weighted by Gasteiger charge is 2.12. The Morgan fingerprint density at radius 3 is 2.37 bits per heavy atom. The van der Waals surface area contributed by atoms with E-state index < -0.39 is 0 Å². The lowest BCUT2D eigenvalue weighted by Gasteiger charge is -2.07. The molecule has 0 spiro atoms. The van der Waals surface area contributed by atoms with Crippen LogP contribution in [0.5, 0.6) is 0 Å². The van der Waals surface area contributed by atoms with Gasteiger partial charge in [-0.15, -0.1) is 0 Å². The number of hydrogen-bond acceptors (Lipinski definition) is 2. The molecule has 2 aromatic carbocycles. The van der Waals surface area contributed by atoms with Gasteiger partial charge in [-0.25, -0.2) is 0 Å². The summed E-state index contributed by atoms with van der Waals surface area (Å²) in [4.78, 5) is 12.2. The van der Waals surface area contributed by atoms with E-state index in [1.807, 2.05) is 12.1 Å². The van der Waals surface area contributed by atoms with Crippen LogP contribution in [0, 0.1) is 0 Å². The number of nitrogen functional groups attached to an aromatic ring is 1. The van der Waals surface area contributed by atoms with Crippen LogP contribution in [0.4, 0.5) is 5.69 Å². The zero-order valence-electron chi connectivity index (χ0n) is 9.79. The van der Waals surface area contributed by atoms with Gasteiger partial charge in [0, 0.05) is 31.6 Å². The molecule has 0 aliphatic carbocycles. The van der Waals surface area contributed by atoms with Crippen LogP contribution >= 0.6 is 43.5 Å². The Balaban J connectivity index is 2.25. The number of ketones is 1. The first-order chi connectivity index (χ1) is 8.97. The molecule has 2 nitrogen and oxygen atoms in total. The first-order valence-corrected chi connectivity index (χ1v) is 7.46. The average Bonchev–Trinajstić information content (AvgIpc) is 2.32. The van der Waals surface area contributed by atoms with Crippen molar-refractivity contribution in [1.82, 2.24) is 0 Å².